The molecule has 0 aliphatic heterocycles. The van der Waals surface area contributed by atoms with E-state index in [-0.39, 0.29) is 30.2 Å². The molecule has 0 saturated carbocycles. The number of hydrogen-bond donors (Lipinski definition) is 2. The van der Waals surface area contributed by atoms with E-state index in [2.05, 4.69) is 15.0 Å². The van der Waals surface area contributed by atoms with Crippen molar-refractivity contribution in [3.63, 3.8) is 0 Å². The average Bonchev–Trinajstić information content (AvgIpc) is 3.14. The summed E-state index contributed by atoms with van der Waals surface area (Å²) >= 11 is 1.61. The molecule has 0 fully saturated rings. The van der Waals surface area contributed by atoms with Gasteiger partial charge in [0.25, 0.3) is 5.56 Å². The van der Waals surface area contributed by atoms with Gasteiger partial charge in [-0.2, -0.15) is 0 Å². The number of hydrogen-bond acceptors (Lipinski definition) is 6. The van der Waals surface area contributed by atoms with Crippen molar-refractivity contribution in [2.45, 2.75) is 52.5 Å². The highest BCUT2D eigenvalue weighted by Crippen LogP contribution is 2.33. The maximum Gasteiger partial charge on any atom is 0.262 e. The summed E-state index contributed by atoms with van der Waals surface area (Å²) in [6, 6.07) is 4.99. The molecule has 32 heavy (non-hydrogen) atoms. The fraction of sp³-hybridized carbons (Fsp3) is 0.409. The number of benzene rings is 1. The Bertz CT molecular complexity index is 1340. The first kappa shape index (κ1) is 22.5. The summed E-state index contributed by atoms with van der Waals surface area (Å²) in [6.45, 7) is 3.58. The molecule has 0 atom stereocenters. The lowest BCUT2D eigenvalue weighted by Crippen LogP contribution is -2.24. The summed E-state index contributed by atoms with van der Waals surface area (Å²) in [7, 11) is -3.37. The third-order valence-electron chi connectivity index (χ3n) is 5.68. The first-order valence-electron chi connectivity index (χ1n) is 10.7. The maximum atomic E-state index is 13.0. The number of nitrogens with one attached hydrogen (secondary N) is 2. The van der Waals surface area contributed by atoms with E-state index in [0.29, 0.717) is 22.3 Å². The van der Waals surface area contributed by atoms with Crippen LogP contribution >= 0.6 is 11.3 Å². The van der Waals surface area contributed by atoms with Crippen LogP contribution in [0.1, 0.15) is 42.2 Å². The number of carbonyl (C=O) groups excluding carboxylic acids is 1. The van der Waals surface area contributed by atoms with Gasteiger partial charge in [0.1, 0.15) is 4.83 Å². The van der Waals surface area contributed by atoms with Gasteiger partial charge in [-0.05, 0) is 68.9 Å². The Hall–Kier alpha value is -2.72. The van der Waals surface area contributed by atoms with Crippen molar-refractivity contribution in [2.24, 2.45) is 0 Å². The second kappa shape index (κ2) is 9.03. The van der Waals surface area contributed by atoms with Crippen LogP contribution in [0.15, 0.2) is 29.3 Å². The van der Waals surface area contributed by atoms with E-state index in [4.69, 9.17) is 0 Å². The Morgan fingerprint density at radius 1 is 1.25 bits per heavy atom. The van der Waals surface area contributed by atoms with E-state index in [1.165, 1.54) is 15.8 Å². The molecule has 1 aliphatic carbocycles. The fourth-order valence-corrected chi connectivity index (χ4v) is 5.81. The largest absolute Gasteiger partial charge is 0.326 e. The van der Waals surface area contributed by atoms with Crippen LogP contribution in [0.5, 0.6) is 0 Å². The molecule has 4 rings (SSSR count). The summed E-state index contributed by atoms with van der Waals surface area (Å²) in [5, 5.41) is 3.52. The molecule has 3 aromatic rings. The molecular formula is C22H26N4O4S2. The van der Waals surface area contributed by atoms with Crippen LogP contribution in [-0.4, -0.2) is 29.6 Å². The van der Waals surface area contributed by atoms with Crippen molar-refractivity contribution in [3.05, 3.63) is 50.9 Å². The van der Waals surface area contributed by atoms with E-state index in [1.54, 1.807) is 43.4 Å². The monoisotopic (exact) mass is 474 g/mol. The number of thiophene rings is 1. The highest BCUT2D eigenvalue weighted by Gasteiger charge is 2.20. The number of aromatic nitrogens is 2. The molecular weight excluding hydrogens is 448 g/mol. The van der Waals surface area contributed by atoms with Crippen molar-refractivity contribution < 1.29 is 13.2 Å². The molecule has 1 aromatic carbocycles. The zero-order chi connectivity index (χ0) is 22.9. The standard InChI is InChI=1S/C22H26N4O4S2/c1-3-32(29,30)25-17-9-8-15(12-14(17)2)24-19(27)10-11-26-13-23-21-20(22(26)28)16-6-4-5-7-18(16)31-21/h8-9,12-13,25H,3-7,10-11H2,1-2H3,(H,24,27). The summed E-state index contributed by atoms with van der Waals surface area (Å²) in [6.07, 6.45) is 5.82. The zero-order valence-electron chi connectivity index (χ0n) is 18.1. The lowest BCUT2D eigenvalue weighted by atomic mass is 9.97. The third-order valence-corrected chi connectivity index (χ3v) is 8.17. The number of carbonyl (C=O) groups is 1. The molecule has 1 amide bonds. The van der Waals surface area contributed by atoms with Crippen molar-refractivity contribution >= 4 is 48.9 Å². The topological polar surface area (TPSA) is 110 Å². The average molecular weight is 475 g/mol. The van der Waals surface area contributed by atoms with Crippen molar-refractivity contribution in [1.82, 2.24) is 9.55 Å². The first-order chi connectivity index (χ1) is 15.3. The number of anilines is 2. The van der Waals surface area contributed by atoms with Crippen molar-refractivity contribution in [2.75, 3.05) is 15.8 Å². The van der Waals surface area contributed by atoms with Crippen molar-refractivity contribution in [3.8, 4) is 0 Å². The van der Waals surface area contributed by atoms with Gasteiger partial charge in [0.15, 0.2) is 0 Å². The minimum atomic E-state index is -3.37. The number of nitrogens with zero attached hydrogens (tertiary/aromatic N) is 2. The smallest absolute Gasteiger partial charge is 0.262 e. The molecule has 1 aliphatic rings. The first-order valence-corrected chi connectivity index (χ1v) is 13.1. The van der Waals surface area contributed by atoms with Gasteiger partial charge in [0, 0.05) is 23.5 Å². The Morgan fingerprint density at radius 2 is 2.03 bits per heavy atom. The Labute approximate surface area is 190 Å². The van der Waals surface area contributed by atoms with Crippen LogP contribution in [0.2, 0.25) is 0 Å². The molecule has 2 heterocycles. The number of rotatable bonds is 7. The molecule has 10 heteroatoms. The normalized spacial score (nSPS) is 13.7. The van der Waals surface area contributed by atoms with Gasteiger partial charge in [-0.25, -0.2) is 13.4 Å². The Morgan fingerprint density at radius 3 is 2.78 bits per heavy atom. The van der Waals surface area contributed by atoms with Gasteiger partial charge >= 0.3 is 0 Å². The number of amides is 1. The summed E-state index contributed by atoms with van der Waals surface area (Å²) in [5.74, 6) is -0.246. The van der Waals surface area contributed by atoms with Crippen LogP contribution in [0.25, 0.3) is 10.2 Å². The molecule has 8 nitrogen and oxygen atoms in total. The molecule has 0 bridgehead atoms. The van der Waals surface area contributed by atoms with Crippen LogP contribution < -0.4 is 15.6 Å². The highest BCUT2D eigenvalue weighted by atomic mass is 32.2. The SMILES string of the molecule is CCS(=O)(=O)Nc1ccc(NC(=O)CCn2cnc3sc4c(c3c2=O)CCCC4)cc1C. The molecule has 0 unspecified atom stereocenters. The quantitative estimate of drug-likeness (QED) is 0.545. The van der Waals surface area contributed by atoms with E-state index >= 15 is 0 Å². The number of aryl methyl sites for hydroxylation is 4. The van der Waals surface area contributed by atoms with Crippen LogP contribution in [-0.2, 0) is 34.2 Å². The minimum absolute atomic E-state index is 0.0148. The Balaban J connectivity index is 1.43. The van der Waals surface area contributed by atoms with Gasteiger partial charge in [-0.15, -0.1) is 11.3 Å². The lowest BCUT2D eigenvalue weighted by Gasteiger charge is -2.12. The van der Waals surface area contributed by atoms with E-state index < -0.39 is 10.0 Å². The third kappa shape index (κ3) is 4.71. The molecule has 2 N–H and O–H groups in total. The minimum Gasteiger partial charge on any atom is -0.326 e. The molecule has 170 valence electrons. The van der Waals surface area contributed by atoms with E-state index in [0.717, 1.165) is 36.1 Å². The maximum absolute atomic E-state index is 13.0. The molecule has 0 radical (unpaired) electrons. The van der Waals surface area contributed by atoms with Crippen molar-refractivity contribution in [1.29, 1.82) is 0 Å². The summed E-state index contributed by atoms with van der Waals surface area (Å²) in [5.41, 5.74) is 2.81. The van der Waals surface area contributed by atoms with Gasteiger partial charge in [-0.1, -0.05) is 0 Å². The number of fused-ring (bicyclic) bond motifs is 3. The molecule has 2 aromatic heterocycles. The zero-order valence-corrected chi connectivity index (χ0v) is 19.7. The molecule has 0 saturated heterocycles. The lowest BCUT2D eigenvalue weighted by molar-refractivity contribution is -0.116. The van der Waals surface area contributed by atoms with Crippen LogP contribution in [0.4, 0.5) is 11.4 Å². The van der Waals surface area contributed by atoms with E-state index in [9.17, 15) is 18.0 Å². The van der Waals surface area contributed by atoms with Gasteiger partial charge in [-0.3, -0.25) is 18.9 Å². The van der Waals surface area contributed by atoms with E-state index in [1.807, 2.05) is 0 Å². The molecule has 0 spiro atoms. The van der Waals surface area contributed by atoms with Gasteiger partial charge < -0.3 is 5.32 Å². The van der Waals surface area contributed by atoms with Gasteiger partial charge in [0.2, 0.25) is 15.9 Å². The highest BCUT2D eigenvalue weighted by molar-refractivity contribution is 7.92. The predicted molar refractivity (Wildman–Crippen MR) is 128 cm³/mol. The number of sulfonamides is 1. The predicted octanol–water partition coefficient (Wildman–Crippen LogP) is 3.44. The Kier molecular flexibility index (Phi) is 6.34. The summed E-state index contributed by atoms with van der Waals surface area (Å²) in [4.78, 5) is 32.0. The summed E-state index contributed by atoms with van der Waals surface area (Å²) < 4.78 is 27.6. The van der Waals surface area contributed by atoms with Crippen LogP contribution in [0.3, 0.4) is 0 Å². The fourth-order valence-electron chi connectivity index (χ4n) is 3.88. The second-order valence-corrected chi connectivity index (χ2v) is 11.1. The van der Waals surface area contributed by atoms with Gasteiger partial charge in [0.05, 0.1) is 23.2 Å². The second-order valence-electron chi connectivity index (χ2n) is 7.97. The van der Waals surface area contributed by atoms with Crippen LogP contribution in [0, 0.1) is 6.92 Å².